The Morgan fingerprint density at radius 2 is 2.10 bits per heavy atom. The van der Waals surface area contributed by atoms with Gasteiger partial charge in [-0.2, -0.15) is 0 Å². The van der Waals surface area contributed by atoms with Crippen LogP contribution in [0, 0.1) is 3.57 Å². The maximum Gasteiger partial charge on any atom is 0.303 e. The second-order valence-corrected chi connectivity index (χ2v) is 7.95. The van der Waals surface area contributed by atoms with Crippen molar-refractivity contribution < 1.29 is 14.7 Å². The van der Waals surface area contributed by atoms with Crippen molar-refractivity contribution >= 4 is 51.8 Å². The van der Waals surface area contributed by atoms with Crippen molar-refractivity contribution in [3.8, 4) is 11.3 Å². The van der Waals surface area contributed by atoms with Gasteiger partial charge in [-0.1, -0.05) is 12.1 Å². The van der Waals surface area contributed by atoms with E-state index in [9.17, 15) is 9.59 Å². The fourth-order valence-corrected chi connectivity index (χ4v) is 3.69. The largest absolute Gasteiger partial charge is 0.481 e. The Hall–Kier alpha value is -3.01. The fraction of sp³-hybridized carbons (Fsp3) is 0.143. The number of rotatable bonds is 5. The SMILES string of the molecule is O=C(O)CCc1cccc(Nc2ncc3c(n2)-c2cc(I)ccc2NC(=O)C3)c1. The van der Waals surface area contributed by atoms with Crippen LogP contribution >= 0.6 is 22.6 Å². The van der Waals surface area contributed by atoms with E-state index in [1.54, 1.807) is 6.20 Å². The lowest BCUT2D eigenvalue weighted by molar-refractivity contribution is -0.137. The van der Waals surface area contributed by atoms with Gasteiger partial charge in [-0.15, -0.1) is 0 Å². The van der Waals surface area contributed by atoms with Gasteiger partial charge in [-0.25, -0.2) is 9.97 Å². The predicted molar refractivity (Wildman–Crippen MR) is 118 cm³/mol. The molecule has 0 bridgehead atoms. The normalized spacial score (nSPS) is 12.4. The molecule has 0 atom stereocenters. The smallest absolute Gasteiger partial charge is 0.303 e. The number of hydrogen-bond donors (Lipinski definition) is 3. The van der Waals surface area contributed by atoms with Crippen molar-refractivity contribution in [2.75, 3.05) is 10.6 Å². The van der Waals surface area contributed by atoms with E-state index >= 15 is 0 Å². The summed E-state index contributed by atoms with van der Waals surface area (Å²) in [5.41, 5.74) is 4.77. The maximum absolute atomic E-state index is 12.2. The Bertz CT molecular complexity index is 1120. The molecule has 146 valence electrons. The van der Waals surface area contributed by atoms with Crippen molar-refractivity contribution in [2.45, 2.75) is 19.3 Å². The van der Waals surface area contributed by atoms with Crippen LogP contribution < -0.4 is 10.6 Å². The van der Waals surface area contributed by atoms with E-state index in [4.69, 9.17) is 5.11 Å². The van der Waals surface area contributed by atoms with Crippen LogP contribution in [0.15, 0.2) is 48.7 Å². The van der Waals surface area contributed by atoms with Gasteiger partial charge in [0.05, 0.1) is 17.8 Å². The molecule has 1 aliphatic heterocycles. The Balaban J connectivity index is 1.66. The molecule has 4 rings (SSSR count). The zero-order valence-corrected chi connectivity index (χ0v) is 17.4. The first kappa shape index (κ1) is 19.3. The first-order chi connectivity index (χ1) is 14.0. The topological polar surface area (TPSA) is 104 Å². The molecule has 8 heteroatoms. The lowest BCUT2D eigenvalue weighted by atomic mass is 10.1. The molecule has 1 aliphatic rings. The van der Waals surface area contributed by atoms with E-state index < -0.39 is 5.97 Å². The summed E-state index contributed by atoms with van der Waals surface area (Å²) in [5, 5.41) is 15.0. The zero-order chi connectivity index (χ0) is 20.4. The summed E-state index contributed by atoms with van der Waals surface area (Å²) in [6.07, 6.45) is 2.42. The van der Waals surface area contributed by atoms with E-state index in [0.717, 1.165) is 37.3 Å². The average molecular weight is 500 g/mol. The van der Waals surface area contributed by atoms with Gasteiger partial charge in [0.2, 0.25) is 11.9 Å². The van der Waals surface area contributed by atoms with E-state index in [1.807, 2.05) is 42.5 Å². The first-order valence-corrected chi connectivity index (χ1v) is 10.1. The number of fused-ring (bicyclic) bond motifs is 3. The van der Waals surface area contributed by atoms with E-state index in [2.05, 4.69) is 43.2 Å². The molecule has 2 aromatic carbocycles. The van der Waals surface area contributed by atoms with Gasteiger partial charge in [-0.05, 0) is 64.9 Å². The van der Waals surface area contributed by atoms with Gasteiger partial charge in [0, 0.05) is 33.0 Å². The maximum atomic E-state index is 12.2. The molecular weight excluding hydrogens is 483 g/mol. The molecule has 7 nitrogen and oxygen atoms in total. The number of nitrogens with zero attached hydrogens (tertiary/aromatic N) is 2. The average Bonchev–Trinajstić information content (AvgIpc) is 2.82. The van der Waals surface area contributed by atoms with Crippen LogP contribution in [0.4, 0.5) is 17.3 Å². The summed E-state index contributed by atoms with van der Waals surface area (Å²) >= 11 is 2.23. The van der Waals surface area contributed by atoms with Crippen molar-refractivity contribution in [3.63, 3.8) is 0 Å². The summed E-state index contributed by atoms with van der Waals surface area (Å²) < 4.78 is 1.04. The van der Waals surface area contributed by atoms with Crippen molar-refractivity contribution in [1.29, 1.82) is 0 Å². The third-order valence-electron chi connectivity index (χ3n) is 4.54. The highest BCUT2D eigenvalue weighted by Crippen LogP contribution is 2.34. The standard InChI is InChI=1S/C21H17IN4O3/c22-14-5-6-17-16(10-14)20-13(9-18(27)25-17)11-23-21(26-20)24-15-3-1-2-12(8-15)4-7-19(28)29/h1-3,5-6,8,10-11H,4,7,9H2,(H,25,27)(H,28,29)(H,23,24,26). The third kappa shape index (κ3) is 4.53. The number of aryl methyl sites for hydroxylation is 1. The highest BCUT2D eigenvalue weighted by molar-refractivity contribution is 14.1. The second kappa shape index (κ2) is 8.16. The molecular formula is C21H17IN4O3. The van der Waals surface area contributed by atoms with Crippen LogP contribution in [0.3, 0.4) is 0 Å². The van der Waals surface area contributed by atoms with E-state index in [1.165, 1.54) is 0 Å². The Kier molecular flexibility index (Phi) is 5.43. The minimum Gasteiger partial charge on any atom is -0.481 e. The van der Waals surface area contributed by atoms with Crippen LogP contribution in [0.25, 0.3) is 11.3 Å². The third-order valence-corrected chi connectivity index (χ3v) is 5.21. The quantitative estimate of drug-likeness (QED) is 0.458. The number of nitrogens with one attached hydrogen (secondary N) is 2. The highest BCUT2D eigenvalue weighted by atomic mass is 127. The summed E-state index contributed by atoms with van der Waals surface area (Å²) in [7, 11) is 0. The molecule has 0 unspecified atom stereocenters. The number of amides is 1. The fourth-order valence-electron chi connectivity index (χ4n) is 3.20. The highest BCUT2D eigenvalue weighted by Gasteiger charge is 2.21. The molecule has 2 heterocycles. The number of benzene rings is 2. The molecule has 0 saturated heterocycles. The first-order valence-electron chi connectivity index (χ1n) is 9.01. The second-order valence-electron chi connectivity index (χ2n) is 6.70. The predicted octanol–water partition coefficient (Wildman–Crippen LogP) is 4.00. The van der Waals surface area contributed by atoms with Crippen LogP contribution in [-0.4, -0.2) is 27.0 Å². The number of carbonyl (C=O) groups excluding carboxylic acids is 1. The summed E-state index contributed by atoms with van der Waals surface area (Å²) in [4.78, 5) is 32.0. The minimum atomic E-state index is -0.825. The van der Waals surface area contributed by atoms with E-state index in [0.29, 0.717) is 12.4 Å². The minimum absolute atomic E-state index is 0.0786. The van der Waals surface area contributed by atoms with Crippen LogP contribution in [0.5, 0.6) is 0 Å². The lowest BCUT2D eigenvalue weighted by Gasteiger charge is -2.11. The Labute approximate surface area is 180 Å². The molecule has 3 aromatic rings. The van der Waals surface area contributed by atoms with Gasteiger partial charge in [-0.3, -0.25) is 9.59 Å². The van der Waals surface area contributed by atoms with Gasteiger partial charge < -0.3 is 15.7 Å². The van der Waals surface area contributed by atoms with Gasteiger partial charge >= 0.3 is 5.97 Å². The number of carboxylic acids is 1. The number of carbonyl (C=O) groups is 2. The Morgan fingerprint density at radius 3 is 2.93 bits per heavy atom. The molecule has 1 aromatic heterocycles. The summed E-state index contributed by atoms with van der Waals surface area (Å²) in [5.74, 6) is -0.506. The molecule has 3 N–H and O–H groups in total. The monoisotopic (exact) mass is 500 g/mol. The van der Waals surface area contributed by atoms with E-state index in [-0.39, 0.29) is 18.7 Å². The number of hydrogen-bond acceptors (Lipinski definition) is 5. The molecule has 0 aliphatic carbocycles. The van der Waals surface area contributed by atoms with Gasteiger partial charge in [0.25, 0.3) is 0 Å². The molecule has 0 fully saturated rings. The number of anilines is 3. The molecule has 0 saturated carbocycles. The lowest BCUT2D eigenvalue weighted by Crippen LogP contribution is -2.12. The molecule has 1 amide bonds. The number of carboxylic acid groups (broad SMARTS) is 1. The van der Waals surface area contributed by atoms with Crippen LogP contribution in [0.1, 0.15) is 17.5 Å². The van der Waals surface area contributed by atoms with Crippen molar-refractivity contribution in [1.82, 2.24) is 9.97 Å². The molecule has 0 spiro atoms. The number of halogens is 1. The van der Waals surface area contributed by atoms with Crippen molar-refractivity contribution in [3.05, 3.63) is 63.4 Å². The van der Waals surface area contributed by atoms with Gasteiger partial charge in [0.1, 0.15) is 0 Å². The van der Waals surface area contributed by atoms with Crippen LogP contribution in [-0.2, 0) is 22.4 Å². The van der Waals surface area contributed by atoms with Crippen LogP contribution in [0.2, 0.25) is 0 Å². The Morgan fingerprint density at radius 1 is 1.24 bits per heavy atom. The summed E-state index contributed by atoms with van der Waals surface area (Å²) in [6, 6.07) is 13.3. The van der Waals surface area contributed by atoms with Crippen molar-refractivity contribution in [2.24, 2.45) is 0 Å². The summed E-state index contributed by atoms with van der Waals surface area (Å²) in [6.45, 7) is 0. The molecule has 0 radical (unpaired) electrons. The zero-order valence-electron chi connectivity index (χ0n) is 15.3. The number of aliphatic carboxylic acids is 1. The molecule has 29 heavy (non-hydrogen) atoms. The van der Waals surface area contributed by atoms with Gasteiger partial charge in [0.15, 0.2) is 0 Å². The number of aromatic nitrogens is 2.